The predicted molar refractivity (Wildman–Crippen MR) is 163 cm³/mol. The topological polar surface area (TPSA) is 141 Å². The average molecular weight is 660 g/mol. The molecule has 3 aromatic rings. The molecular weight excluding hydrogens is 627 g/mol. The number of pyridine rings is 1. The lowest BCUT2D eigenvalue weighted by molar-refractivity contribution is -0.274. The molecule has 1 aliphatic rings. The van der Waals surface area contributed by atoms with Gasteiger partial charge in [0, 0.05) is 55.7 Å². The molecule has 1 fully saturated rings. The van der Waals surface area contributed by atoms with E-state index >= 15 is 0 Å². The molecule has 11 nitrogen and oxygen atoms in total. The number of halogens is 3. The van der Waals surface area contributed by atoms with Crippen molar-refractivity contribution < 1.29 is 41.0 Å². The van der Waals surface area contributed by atoms with E-state index in [1.165, 1.54) is 34.8 Å². The largest absolute Gasteiger partial charge is 0.573 e. The number of hydrogen-bond donors (Lipinski definition) is 3. The molecule has 0 unspecified atom stereocenters. The van der Waals surface area contributed by atoms with Gasteiger partial charge in [0.2, 0.25) is 0 Å². The number of ether oxygens (including phenoxy) is 1. The smallest absolute Gasteiger partial charge is 0.480 e. The lowest BCUT2D eigenvalue weighted by Gasteiger charge is -2.36. The maximum absolute atomic E-state index is 12.7. The Morgan fingerprint density at radius 2 is 1.67 bits per heavy atom. The van der Waals surface area contributed by atoms with Gasteiger partial charge in [-0.25, -0.2) is 0 Å². The summed E-state index contributed by atoms with van der Waals surface area (Å²) in [5.74, 6) is 3.46. The van der Waals surface area contributed by atoms with Crippen LogP contribution in [0.15, 0.2) is 66.9 Å². The first-order chi connectivity index (χ1) is 21.7. The number of aliphatic carboxylic acids is 1. The summed E-state index contributed by atoms with van der Waals surface area (Å²) in [6.45, 7) is 4.45. The second kappa shape index (κ2) is 14.6. The highest BCUT2D eigenvalue weighted by molar-refractivity contribution is 7.87. The van der Waals surface area contributed by atoms with Crippen LogP contribution in [0.2, 0.25) is 0 Å². The number of carboxylic acid groups (broad SMARTS) is 1. The van der Waals surface area contributed by atoms with Gasteiger partial charge in [-0.05, 0) is 60.0 Å². The minimum absolute atomic E-state index is 0.0388. The van der Waals surface area contributed by atoms with E-state index in [0.717, 1.165) is 5.69 Å². The minimum atomic E-state index is -4.82. The number of nitrogens with one attached hydrogen (secondary N) is 2. The Labute approximate surface area is 264 Å². The zero-order valence-corrected chi connectivity index (χ0v) is 25.7. The summed E-state index contributed by atoms with van der Waals surface area (Å²) >= 11 is 0. The molecule has 4 rings (SSSR count). The highest BCUT2D eigenvalue weighted by Crippen LogP contribution is 2.23. The number of hydrogen-bond acceptors (Lipinski definition) is 7. The Bertz CT molecular complexity index is 1710. The minimum Gasteiger partial charge on any atom is -0.480 e. The predicted octanol–water partition coefficient (Wildman–Crippen LogP) is 3.38. The van der Waals surface area contributed by atoms with Crippen molar-refractivity contribution in [3.8, 4) is 17.6 Å². The van der Waals surface area contributed by atoms with Gasteiger partial charge in [0.1, 0.15) is 17.5 Å². The Balaban J connectivity index is 1.31. The lowest BCUT2D eigenvalue weighted by Crippen LogP contribution is -2.55. The maximum Gasteiger partial charge on any atom is 0.573 e. The summed E-state index contributed by atoms with van der Waals surface area (Å²) in [5.41, 5.74) is 2.60. The average Bonchev–Trinajstić information content (AvgIpc) is 3.01. The van der Waals surface area contributed by atoms with Crippen LogP contribution in [0.3, 0.4) is 0 Å². The summed E-state index contributed by atoms with van der Waals surface area (Å²) in [4.78, 5) is 30.1. The van der Waals surface area contributed by atoms with E-state index in [2.05, 4.69) is 31.6 Å². The van der Waals surface area contributed by atoms with Crippen molar-refractivity contribution in [2.75, 3.05) is 31.1 Å². The van der Waals surface area contributed by atoms with Crippen LogP contribution in [-0.2, 0) is 21.5 Å². The van der Waals surface area contributed by atoms with Gasteiger partial charge in [-0.3, -0.25) is 14.6 Å². The monoisotopic (exact) mass is 659 g/mol. The van der Waals surface area contributed by atoms with Gasteiger partial charge in [0.25, 0.3) is 16.1 Å². The van der Waals surface area contributed by atoms with E-state index in [0.29, 0.717) is 29.8 Å². The summed E-state index contributed by atoms with van der Waals surface area (Å²) in [7, 11) is -3.96. The normalized spacial score (nSPS) is 14.7. The third kappa shape index (κ3) is 9.67. The third-order valence-electron chi connectivity index (χ3n) is 6.95. The van der Waals surface area contributed by atoms with Gasteiger partial charge in [0.15, 0.2) is 0 Å². The molecule has 1 aromatic heterocycles. The molecule has 46 heavy (non-hydrogen) atoms. The van der Waals surface area contributed by atoms with Gasteiger partial charge in [-0.15, -0.1) is 13.2 Å². The van der Waals surface area contributed by atoms with Crippen LogP contribution >= 0.6 is 0 Å². The number of nitrogens with zero attached hydrogens (tertiary/aromatic N) is 3. The van der Waals surface area contributed by atoms with Gasteiger partial charge in [-0.1, -0.05) is 37.8 Å². The molecule has 0 spiro atoms. The summed E-state index contributed by atoms with van der Waals surface area (Å²) < 4.78 is 70.3. The number of benzene rings is 2. The first-order valence-electron chi connectivity index (χ1n) is 14.2. The van der Waals surface area contributed by atoms with Crippen molar-refractivity contribution in [3.05, 3.63) is 89.2 Å². The van der Waals surface area contributed by atoms with Crippen LogP contribution in [0.25, 0.3) is 0 Å². The summed E-state index contributed by atoms with van der Waals surface area (Å²) in [6, 6.07) is 14.6. The fourth-order valence-corrected chi connectivity index (χ4v) is 6.04. The number of piperazine rings is 1. The van der Waals surface area contributed by atoms with Gasteiger partial charge >= 0.3 is 12.3 Å². The molecule has 0 radical (unpaired) electrons. The molecular formula is C31H32F3N5O6S. The van der Waals surface area contributed by atoms with Crippen molar-refractivity contribution in [2.24, 2.45) is 5.92 Å². The molecule has 2 aromatic carbocycles. The fourth-order valence-electron chi connectivity index (χ4n) is 4.55. The van der Waals surface area contributed by atoms with Crippen molar-refractivity contribution >= 4 is 27.8 Å². The zero-order valence-electron chi connectivity index (χ0n) is 24.9. The number of alkyl halides is 3. The summed E-state index contributed by atoms with van der Waals surface area (Å²) in [5, 5.41) is 11.9. The molecule has 15 heteroatoms. The van der Waals surface area contributed by atoms with Crippen LogP contribution in [0.5, 0.6) is 5.75 Å². The molecule has 0 bridgehead atoms. The van der Waals surface area contributed by atoms with E-state index in [1.807, 2.05) is 29.2 Å². The van der Waals surface area contributed by atoms with Crippen LogP contribution in [0.1, 0.15) is 41.0 Å². The van der Waals surface area contributed by atoms with Crippen LogP contribution in [0.4, 0.5) is 18.9 Å². The number of rotatable bonds is 10. The van der Waals surface area contributed by atoms with E-state index in [-0.39, 0.29) is 31.1 Å². The fraction of sp³-hybridized carbons (Fsp3) is 0.323. The SMILES string of the molecule is CC(C)[C@@H](NS(=O)(=O)N1CCN(c2ccc(C#Cc3ccnc(C(=O)NCc4cccc(OC(F)(F)F)c4)c3)cc2)CC1)C(=O)O. The van der Waals surface area contributed by atoms with E-state index in [1.54, 1.807) is 26.0 Å². The number of carbonyl (C=O) groups is 2. The molecule has 1 aliphatic heterocycles. The zero-order chi connectivity index (χ0) is 33.5. The van der Waals surface area contributed by atoms with Crippen molar-refractivity contribution in [3.63, 3.8) is 0 Å². The Hall–Kier alpha value is -4.65. The summed E-state index contributed by atoms with van der Waals surface area (Å²) in [6.07, 6.45) is -3.39. The third-order valence-corrected chi connectivity index (χ3v) is 8.55. The molecule has 1 saturated heterocycles. The first-order valence-corrected chi connectivity index (χ1v) is 15.6. The Kier molecular flexibility index (Phi) is 10.9. The Morgan fingerprint density at radius 1 is 1.00 bits per heavy atom. The molecule has 2 heterocycles. The van der Waals surface area contributed by atoms with Gasteiger partial charge in [-0.2, -0.15) is 17.4 Å². The van der Waals surface area contributed by atoms with E-state index in [9.17, 15) is 36.3 Å². The molecule has 1 amide bonds. The second-order valence-corrected chi connectivity index (χ2v) is 12.4. The van der Waals surface area contributed by atoms with Gasteiger partial charge in [0.05, 0.1) is 0 Å². The molecule has 3 N–H and O–H groups in total. The lowest BCUT2D eigenvalue weighted by atomic mass is 10.1. The number of aromatic nitrogens is 1. The van der Waals surface area contributed by atoms with Gasteiger partial charge < -0.3 is 20.1 Å². The van der Waals surface area contributed by atoms with Crippen molar-refractivity contribution in [1.29, 1.82) is 0 Å². The number of anilines is 1. The second-order valence-electron chi connectivity index (χ2n) is 10.7. The van der Waals surface area contributed by atoms with Crippen LogP contribution in [-0.4, -0.2) is 73.3 Å². The maximum atomic E-state index is 12.7. The van der Waals surface area contributed by atoms with E-state index < -0.39 is 40.4 Å². The number of carboxylic acids is 1. The highest BCUT2D eigenvalue weighted by Gasteiger charge is 2.33. The van der Waals surface area contributed by atoms with Crippen molar-refractivity contribution in [2.45, 2.75) is 32.8 Å². The van der Waals surface area contributed by atoms with Crippen LogP contribution < -0.4 is 19.7 Å². The van der Waals surface area contributed by atoms with Crippen molar-refractivity contribution in [1.82, 2.24) is 19.3 Å². The highest BCUT2D eigenvalue weighted by atomic mass is 32.2. The number of carbonyl (C=O) groups excluding carboxylic acids is 1. The standard InChI is InChI=1S/C31H32F3N5O6S/c1-21(2)28(30(41)42)37-46(43,44)39-16-14-38(15-17-39)25-10-8-22(9-11-25)6-7-23-12-13-35-27(19-23)29(40)36-20-24-4-3-5-26(18-24)45-31(32,33)34/h3-5,8-13,18-19,21,28,37H,14-17,20H2,1-2H3,(H,36,40)(H,41,42)/t28-/m1/s1. The molecule has 0 saturated carbocycles. The van der Waals surface area contributed by atoms with Crippen LogP contribution in [0, 0.1) is 17.8 Å². The molecule has 244 valence electrons. The quantitative estimate of drug-likeness (QED) is 0.282. The Morgan fingerprint density at radius 3 is 2.30 bits per heavy atom. The first kappa shape index (κ1) is 34.2. The van der Waals surface area contributed by atoms with E-state index in [4.69, 9.17) is 0 Å². The molecule has 1 atom stereocenters. The number of amides is 1. The molecule has 0 aliphatic carbocycles.